The van der Waals surface area contributed by atoms with Gasteiger partial charge in [-0.15, -0.1) is 22.7 Å². The molecule has 0 fully saturated rings. The van der Waals surface area contributed by atoms with Crippen LogP contribution < -0.4 is 0 Å². The SMILES string of the molecule is c1ccc(-c2nc(-c3cccc(-n4c5ccccc5c5c6c7ccccc7sc6c6ccccc6c54)c3)c3sc4ccccc4c3n2)cc1. The summed E-state index contributed by atoms with van der Waals surface area (Å²) in [4.78, 5) is 10.4. The second-order valence-corrected chi connectivity index (χ2v) is 14.6. The first-order chi connectivity index (χ1) is 24.3. The maximum absolute atomic E-state index is 5.29. The summed E-state index contributed by atoms with van der Waals surface area (Å²) in [6.07, 6.45) is 0. The van der Waals surface area contributed by atoms with Crippen molar-refractivity contribution in [2.75, 3.05) is 0 Å². The fourth-order valence-corrected chi connectivity index (χ4v) is 10.1. The molecule has 0 saturated heterocycles. The Hall–Kier alpha value is -5.88. The number of hydrogen-bond donors (Lipinski definition) is 0. The van der Waals surface area contributed by atoms with Crippen LogP contribution in [0.15, 0.2) is 152 Å². The first kappa shape index (κ1) is 27.1. The Morgan fingerprint density at radius 3 is 1.92 bits per heavy atom. The highest BCUT2D eigenvalue weighted by atomic mass is 32.1. The van der Waals surface area contributed by atoms with Gasteiger partial charge in [0.2, 0.25) is 0 Å². The number of hydrogen-bond acceptors (Lipinski definition) is 4. The lowest BCUT2D eigenvalue weighted by atomic mass is 10.00. The summed E-state index contributed by atoms with van der Waals surface area (Å²) in [5.74, 6) is 0.742. The van der Waals surface area contributed by atoms with Gasteiger partial charge in [0.1, 0.15) is 0 Å². The van der Waals surface area contributed by atoms with Crippen molar-refractivity contribution in [2.45, 2.75) is 0 Å². The Morgan fingerprint density at radius 1 is 0.449 bits per heavy atom. The van der Waals surface area contributed by atoms with Crippen LogP contribution in [0.4, 0.5) is 0 Å². The molecule has 3 nitrogen and oxygen atoms in total. The van der Waals surface area contributed by atoms with E-state index in [1.807, 2.05) is 17.4 Å². The third kappa shape index (κ3) is 3.88. The van der Waals surface area contributed by atoms with E-state index in [2.05, 4.69) is 150 Å². The van der Waals surface area contributed by atoms with Crippen molar-refractivity contribution in [3.63, 3.8) is 0 Å². The van der Waals surface area contributed by atoms with E-state index in [1.165, 1.54) is 62.8 Å². The van der Waals surface area contributed by atoms with Crippen LogP contribution >= 0.6 is 22.7 Å². The van der Waals surface area contributed by atoms with Gasteiger partial charge >= 0.3 is 0 Å². The van der Waals surface area contributed by atoms with E-state index in [1.54, 1.807) is 11.3 Å². The van der Waals surface area contributed by atoms with Gasteiger partial charge in [-0.1, -0.05) is 121 Å². The molecule has 49 heavy (non-hydrogen) atoms. The Balaban J connectivity index is 1.25. The van der Waals surface area contributed by atoms with Crippen LogP contribution in [0.1, 0.15) is 0 Å². The molecule has 0 bridgehead atoms. The zero-order valence-electron chi connectivity index (χ0n) is 26.1. The van der Waals surface area contributed by atoms with Crippen molar-refractivity contribution in [1.29, 1.82) is 0 Å². The fraction of sp³-hybridized carbons (Fsp3) is 0. The maximum Gasteiger partial charge on any atom is 0.160 e. The summed E-state index contributed by atoms with van der Waals surface area (Å²) >= 11 is 3.67. The number of fused-ring (bicyclic) bond motifs is 13. The number of rotatable bonds is 3. The van der Waals surface area contributed by atoms with E-state index >= 15 is 0 Å². The Labute approximate surface area is 289 Å². The lowest BCUT2D eigenvalue weighted by Crippen LogP contribution is -1.97. The van der Waals surface area contributed by atoms with E-state index in [9.17, 15) is 0 Å². The van der Waals surface area contributed by atoms with E-state index < -0.39 is 0 Å². The Morgan fingerprint density at radius 2 is 1.08 bits per heavy atom. The van der Waals surface area contributed by atoms with Gasteiger partial charge in [0.25, 0.3) is 0 Å². The van der Waals surface area contributed by atoms with Crippen molar-refractivity contribution in [3.05, 3.63) is 152 Å². The molecule has 0 atom stereocenters. The molecule has 0 amide bonds. The van der Waals surface area contributed by atoms with Gasteiger partial charge in [-0.05, 0) is 30.3 Å². The molecule has 4 heterocycles. The molecule has 228 valence electrons. The average Bonchev–Trinajstić information content (AvgIpc) is 3.85. The molecular weight excluding hydrogens is 635 g/mol. The first-order valence-electron chi connectivity index (χ1n) is 16.4. The zero-order valence-corrected chi connectivity index (χ0v) is 27.7. The van der Waals surface area contributed by atoms with Gasteiger partial charge in [-0.3, -0.25) is 0 Å². The third-order valence-electron chi connectivity index (χ3n) is 9.78. The van der Waals surface area contributed by atoms with Crippen molar-refractivity contribution < 1.29 is 0 Å². The Kier molecular flexibility index (Phi) is 5.70. The predicted octanol–water partition coefficient (Wildman–Crippen LogP) is 12.8. The third-order valence-corrected chi connectivity index (χ3v) is 12.1. The topological polar surface area (TPSA) is 30.7 Å². The van der Waals surface area contributed by atoms with Crippen LogP contribution in [-0.2, 0) is 0 Å². The predicted molar refractivity (Wildman–Crippen MR) is 211 cm³/mol. The minimum atomic E-state index is 0.742. The summed E-state index contributed by atoms with van der Waals surface area (Å²) in [6, 6.07) is 54.4. The number of benzene rings is 7. The van der Waals surface area contributed by atoms with Crippen LogP contribution in [0.2, 0.25) is 0 Å². The normalized spacial score (nSPS) is 12.1. The average molecular weight is 660 g/mol. The van der Waals surface area contributed by atoms with Gasteiger partial charge < -0.3 is 4.57 Å². The fourth-order valence-electron chi connectivity index (χ4n) is 7.68. The minimum Gasteiger partial charge on any atom is -0.309 e. The molecule has 0 spiro atoms. The molecule has 0 unspecified atom stereocenters. The van der Waals surface area contributed by atoms with Crippen LogP contribution in [0.25, 0.3) is 101 Å². The summed E-state index contributed by atoms with van der Waals surface area (Å²) in [6.45, 7) is 0. The minimum absolute atomic E-state index is 0.742. The van der Waals surface area contributed by atoms with Gasteiger partial charge in [0, 0.05) is 68.6 Å². The number of nitrogens with zero attached hydrogens (tertiary/aromatic N) is 3. The highest BCUT2D eigenvalue weighted by Crippen LogP contribution is 2.48. The number of thiophene rings is 2. The van der Waals surface area contributed by atoms with Gasteiger partial charge in [0.05, 0.1) is 26.9 Å². The van der Waals surface area contributed by atoms with E-state index in [-0.39, 0.29) is 0 Å². The molecule has 0 aliphatic rings. The van der Waals surface area contributed by atoms with E-state index in [0.717, 1.165) is 38.5 Å². The molecule has 0 aliphatic heterocycles. The number of para-hydroxylation sites is 1. The standard InChI is InChI=1S/C44H25N3S2/c1-2-13-26(14-3-1)44-45-39(43-40(46-44)33-21-8-11-24-36(33)49-43)27-15-12-16-28(25-27)47-34-22-9-6-19-31(34)37-38-32-20-7-10-23-35(32)48-42(38)30-18-5-4-17-29(30)41(37)47/h1-25H. The van der Waals surface area contributed by atoms with Crippen molar-refractivity contribution in [1.82, 2.24) is 14.5 Å². The molecule has 0 aliphatic carbocycles. The summed E-state index contributed by atoms with van der Waals surface area (Å²) in [5.41, 5.74) is 7.60. The molecule has 0 radical (unpaired) electrons. The monoisotopic (exact) mass is 659 g/mol. The quantitative estimate of drug-likeness (QED) is 0.189. The van der Waals surface area contributed by atoms with Crippen LogP contribution in [0, 0.1) is 0 Å². The molecule has 5 heteroatoms. The second-order valence-electron chi connectivity index (χ2n) is 12.5. The lowest BCUT2D eigenvalue weighted by Gasteiger charge is -2.13. The van der Waals surface area contributed by atoms with Crippen molar-refractivity contribution in [3.8, 4) is 28.3 Å². The van der Waals surface area contributed by atoms with Crippen LogP contribution in [-0.4, -0.2) is 14.5 Å². The highest BCUT2D eigenvalue weighted by molar-refractivity contribution is 7.27. The summed E-state index contributed by atoms with van der Waals surface area (Å²) in [5, 5.41) is 8.96. The van der Waals surface area contributed by atoms with Crippen LogP contribution in [0.5, 0.6) is 0 Å². The van der Waals surface area contributed by atoms with Crippen molar-refractivity contribution >= 4 is 95.7 Å². The molecule has 11 rings (SSSR count). The van der Waals surface area contributed by atoms with E-state index in [4.69, 9.17) is 9.97 Å². The maximum atomic E-state index is 5.29. The number of aromatic nitrogens is 3. The Bertz CT molecular complexity index is 3110. The highest BCUT2D eigenvalue weighted by Gasteiger charge is 2.22. The van der Waals surface area contributed by atoms with E-state index in [0.29, 0.717) is 0 Å². The molecule has 0 N–H and O–H groups in total. The summed E-state index contributed by atoms with van der Waals surface area (Å²) in [7, 11) is 0. The van der Waals surface area contributed by atoms with Gasteiger partial charge in [0.15, 0.2) is 5.82 Å². The molecule has 11 aromatic rings. The molecule has 4 aromatic heterocycles. The molecule has 7 aromatic carbocycles. The van der Waals surface area contributed by atoms with Crippen LogP contribution in [0.3, 0.4) is 0 Å². The smallest absolute Gasteiger partial charge is 0.160 e. The first-order valence-corrected chi connectivity index (χ1v) is 18.1. The molecular formula is C44H25N3S2. The summed E-state index contributed by atoms with van der Waals surface area (Å²) < 4.78 is 7.47. The zero-order chi connectivity index (χ0) is 32.1. The largest absolute Gasteiger partial charge is 0.309 e. The van der Waals surface area contributed by atoms with Gasteiger partial charge in [-0.25, -0.2) is 9.97 Å². The van der Waals surface area contributed by atoms with Crippen molar-refractivity contribution in [2.24, 2.45) is 0 Å². The lowest BCUT2D eigenvalue weighted by molar-refractivity contribution is 1.18. The molecule has 0 saturated carbocycles. The van der Waals surface area contributed by atoms with Gasteiger partial charge in [-0.2, -0.15) is 0 Å². The second kappa shape index (κ2) is 10.3.